The number of halogens is 2. The van der Waals surface area contributed by atoms with Crippen molar-refractivity contribution in [1.29, 1.82) is 0 Å². The van der Waals surface area contributed by atoms with E-state index in [0.29, 0.717) is 27.8 Å². The molecular formula is C28H31Cl2N3O4S. The fourth-order valence-corrected chi connectivity index (χ4v) is 5.81. The minimum atomic E-state index is -4.12. The Morgan fingerprint density at radius 2 is 1.58 bits per heavy atom. The maximum absolute atomic E-state index is 13.9. The van der Waals surface area contributed by atoms with Gasteiger partial charge in [0.15, 0.2) is 0 Å². The lowest BCUT2D eigenvalue weighted by Crippen LogP contribution is -2.51. The molecule has 2 amide bonds. The molecule has 1 atom stereocenters. The van der Waals surface area contributed by atoms with Crippen molar-refractivity contribution < 1.29 is 18.0 Å². The average molecular weight is 577 g/mol. The van der Waals surface area contributed by atoms with E-state index in [1.54, 1.807) is 61.5 Å². The van der Waals surface area contributed by atoms with Gasteiger partial charge in [0, 0.05) is 28.7 Å². The SMILES string of the molecule is CCCNC(=O)C(C)N(Cc1c(Cl)cccc1Cl)C(=O)CN(c1cccc(C)c1)S(=O)(=O)c1ccccc1. The molecule has 3 aromatic rings. The molecule has 0 aliphatic heterocycles. The molecule has 10 heteroatoms. The molecule has 1 N–H and O–H groups in total. The number of aryl methyl sites for hydroxylation is 1. The second-order valence-electron chi connectivity index (χ2n) is 8.85. The molecule has 0 spiro atoms. The smallest absolute Gasteiger partial charge is 0.264 e. The number of benzene rings is 3. The van der Waals surface area contributed by atoms with Crippen LogP contribution in [-0.2, 0) is 26.2 Å². The van der Waals surface area contributed by atoms with Crippen LogP contribution in [0.2, 0.25) is 10.0 Å². The van der Waals surface area contributed by atoms with Crippen LogP contribution in [0.4, 0.5) is 5.69 Å². The van der Waals surface area contributed by atoms with Gasteiger partial charge in [-0.05, 0) is 62.2 Å². The third-order valence-corrected chi connectivity index (χ3v) is 8.50. The van der Waals surface area contributed by atoms with Crippen molar-refractivity contribution in [1.82, 2.24) is 10.2 Å². The van der Waals surface area contributed by atoms with Gasteiger partial charge in [0.25, 0.3) is 10.0 Å². The Morgan fingerprint density at radius 1 is 0.947 bits per heavy atom. The summed E-state index contributed by atoms with van der Waals surface area (Å²) in [6.45, 7) is 5.18. The van der Waals surface area contributed by atoms with Gasteiger partial charge < -0.3 is 10.2 Å². The summed E-state index contributed by atoms with van der Waals surface area (Å²) in [4.78, 5) is 28.2. The summed E-state index contributed by atoms with van der Waals surface area (Å²) in [5.41, 5.74) is 1.63. The molecule has 202 valence electrons. The molecule has 7 nitrogen and oxygen atoms in total. The lowest BCUT2D eigenvalue weighted by atomic mass is 10.1. The van der Waals surface area contributed by atoms with Crippen LogP contribution >= 0.6 is 23.2 Å². The molecule has 3 aromatic carbocycles. The van der Waals surface area contributed by atoms with Crippen LogP contribution in [0.25, 0.3) is 0 Å². The Bertz CT molecular complexity index is 1360. The summed E-state index contributed by atoms with van der Waals surface area (Å²) >= 11 is 12.8. The molecule has 1 unspecified atom stereocenters. The minimum absolute atomic E-state index is 0.0451. The van der Waals surface area contributed by atoms with Crippen molar-refractivity contribution in [2.24, 2.45) is 0 Å². The maximum Gasteiger partial charge on any atom is 0.264 e. The predicted octanol–water partition coefficient (Wildman–Crippen LogP) is 5.44. The first kappa shape index (κ1) is 29.5. The quantitative estimate of drug-likeness (QED) is 0.330. The van der Waals surface area contributed by atoms with Crippen molar-refractivity contribution in [3.8, 4) is 0 Å². The average Bonchev–Trinajstić information content (AvgIpc) is 2.90. The topological polar surface area (TPSA) is 86.8 Å². The summed E-state index contributed by atoms with van der Waals surface area (Å²) < 4.78 is 28.6. The molecule has 0 aliphatic rings. The first-order chi connectivity index (χ1) is 18.1. The van der Waals surface area contributed by atoms with Crippen LogP contribution in [-0.4, -0.2) is 44.3 Å². The number of nitrogens with zero attached hydrogens (tertiary/aromatic N) is 2. The van der Waals surface area contributed by atoms with Gasteiger partial charge in [0.1, 0.15) is 12.6 Å². The highest BCUT2D eigenvalue weighted by atomic mass is 35.5. The second-order valence-corrected chi connectivity index (χ2v) is 11.5. The first-order valence-corrected chi connectivity index (χ1v) is 14.4. The monoisotopic (exact) mass is 575 g/mol. The van der Waals surface area contributed by atoms with E-state index in [1.807, 2.05) is 19.9 Å². The fraction of sp³-hybridized carbons (Fsp3) is 0.286. The van der Waals surface area contributed by atoms with Crippen LogP contribution in [0.5, 0.6) is 0 Å². The van der Waals surface area contributed by atoms with Crippen molar-refractivity contribution >= 4 is 50.7 Å². The van der Waals surface area contributed by atoms with Crippen LogP contribution in [0.15, 0.2) is 77.7 Å². The van der Waals surface area contributed by atoms with Crippen LogP contribution in [0, 0.1) is 6.92 Å². The zero-order chi connectivity index (χ0) is 27.9. The molecule has 0 saturated carbocycles. The van der Waals surface area contributed by atoms with Gasteiger partial charge in [-0.15, -0.1) is 0 Å². The molecular weight excluding hydrogens is 545 g/mol. The van der Waals surface area contributed by atoms with Crippen molar-refractivity contribution in [2.45, 2.75) is 44.7 Å². The van der Waals surface area contributed by atoms with Crippen LogP contribution in [0.1, 0.15) is 31.4 Å². The van der Waals surface area contributed by atoms with Crippen LogP contribution in [0.3, 0.4) is 0 Å². The molecule has 0 heterocycles. The summed E-state index contributed by atoms with van der Waals surface area (Å²) in [6, 6.07) is 18.9. The highest BCUT2D eigenvalue weighted by Gasteiger charge is 2.33. The highest BCUT2D eigenvalue weighted by Crippen LogP contribution is 2.28. The predicted molar refractivity (Wildman–Crippen MR) is 152 cm³/mol. The molecule has 0 bridgehead atoms. The van der Waals surface area contributed by atoms with E-state index in [2.05, 4.69) is 5.32 Å². The maximum atomic E-state index is 13.9. The molecule has 0 saturated heterocycles. The minimum Gasteiger partial charge on any atom is -0.354 e. The van der Waals surface area contributed by atoms with Gasteiger partial charge in [0.2, 0.25) is 11.8 Å². The number of rotatable bonds is 11. The normalized spacial score (nSPS) is 12.0. The summed E-state index contributed by atoms with van der Waals surface area (Å²) in [7, 11) is -4.12. The summed E-state index contributed by atoms with van der Waals surface area (Å²) in [5.74, 6) is -0.947. The fourth-order valence-electron chi connectivity index (χ4n) is 3.86. The Balaban J connectivity index is 2.05. The van der Waals surface area contributed by atoms with E-state index in [0.717, 1.165) is 16.3 Å². The number of sulfonamides is 1. The lowest BCUT2D eigenvalue weighted by Gasteiger charge is -2.32. The largest absolute Gasteiger partial charge is 0.354 e. The summed E-state index contributed by atoms with van der Waals surface area (Å²) in [6.07, 6.45) is 0.721. The number of carbonyl (C=O) groups excluding carboxylic acids is 2. The molecule has 0 aliphatic carbocycles. The number of hydrogen-bond acceptors (Lipinski definition) is 4. The number of anilines is 1. The zero-order valence-corrected chi connectivity index (χ0v) is 23.9. The molecule has 38 heavy (non-hydrogen) atoms. The number of hydrogen-bond donors (Lipinski definition) is 1. The van der Waals surface area contributed by atoms with E-state index in [-0.39, 0.29) is 17.3 Å². The highest BCUT2D eigenvalue weighted by molar-refractivity contribution is 7.92. The molecule has 0 radical (unpaired) electrons. The van der Waals surface area contributed by atoms with Crippen molar-refractivity contribution in [3.05, 3.63) is 94.0 Å². The molecule has 0 fully saturated rings. The zero-order valence-electron chi connectivity index (χ0n) is 21.5. The Morgan fingerprint density at radius 3 is 2.18 bits per heavy atom. The Hall–Kier alpha value is -3.07. The van der Waals surface area contributed by atoms with E-state index >= 15 is 0 Å². The second kappa shape index (κ2) is 13.1. The van der Waals surface area contributed by atoms with E-state index in [4.69, 9.17) is 23.2 Å². The Labute approximate surface area is 234 Å². The first-order valence-electron chi connectivity index (χ1n) is 12.2. The van der Waals surface area contributed by atoms with Gasteiger partial charge >= 0.3 is 0 Å². The van der Waals surface area contributed by atoms with Gasteiger partial charge in [0.05, 0.1) is 10.6 Å². The van der Waals surface area contributed by atoms with Gasteiger partial charge in [-0.3, -0.25) is 13.9 Å². The van der Waals surface area contributed by atoms with Gasteiger partial charge in [-0.1, -0.05) is 66.5 Å². The van der Waals surface area contributed by atoms with Crippen molar-refractivity contribution in [3.63, 3.8) is 0 Å². The number of carbonyl (C=O) groups is 2. The van der Waals surface area contributed by atoms with E-state index in [1.165, 1.54) is 17.0 Å². The molecule has 3 rings (SSSR count). The van der Waals surface area contributed by atoms with E-state index in [9.17, 15) is 18.0 Å². The third kappa shape index (κ3) is 7.07. The van der Waals surface area contributed by atoms with Gasteiger partial charge in [-0.25, -0.2) is 8.42 Å². The van der Waals surface area contributed by atoms with Crippen molar-refractivity contribution in [2.75, 3.05) is 17.4 Å². The lowest BCUT2D eigenvalue weighted by molar-refractivity contribution is -0.139. The number of amides is 2. The van der Waals surface area contributed by atoms with E-state index < -0.39 is 28.5 Å². The standard InChI is InChI=1S/C28H31Cl2N3O4S/c1-4-16-31-28(35)21(3)32(18-24-25(29)14-9-15-26(24)30)27(34)19-33(22-11-8-10-20(2)17-22)38(36,37)23-12-6-5-7-13-23/h5-15,17,21H,4,16,18-19H2,1-3H3,(H,31,35). The van der Waals surface area contributed by atoms with Crippen LogP contribution < -0.4 is 9.62 Å². The van der Waals surface area contributed by atoms with Gasteiger partial charge in [-0.2, -0.15) is 0 Å². The number of nitrogens with one attached hydrogen (secondary N) is 1. The Kier molecular flexibility index (Phi) is 10.2. The third-order valence-electron chi connectivity index (χ3n) is 6.01. The summed E-state index contributed by atoms with van der Waals surface area (Å²) in [5, 5.41) is 3.47. The molecule has 0 aromatic heterocycles.